The number of benzene rings is 1. The van der Waals surface area contributed by atoms with E-state index in [2.05, 4.69) is 35.3 Å². The van der Waals surface area contributed by atoms with E-state index in [0.29, 0.717) is 19.1 Å². The van der Waals surface area contributed by atoms with Crippen LogP contribution in [0.4, 0.5) is 5.69 Å². The van der Waals surface area contributed by atoms with Crippen LogP contribution < -0.4 is 10.2 Å². The predicted molar refractivity (Wildman–Crippen MR) is 75.3 cm³/mol. The maximum Gasteiger partial charge on any atom is 0.0990 e. The molecule has 1 aliphatic heterocycles. The standard InChI is InChI=1S/C15H22N2O2/c1-10-2-5-13(17-8-14(18)15(19)9-17)11(6-10)7-16-12-3-4-12/h2,5-6,12,14-16,18-19H,3-4,7-9H2,1H3. The Bertz CT molecular complexity index is 449. The Balaban J connectivity index is 1.78. The Morgan fingerprint density at radius 3 is 2.53 bits per heavy atom. The first-order valence-electron chi connectivity index (χ1n) is 7.07. The van der Waals surface area contributed by atoms with Crippen LogP contribution >= 0.6 is 0 Å². The maximum atomic E-state index is 9.70. The largest absolute Gasteiger partial charge is 0.389 e. The molecular weight excluding hydrogens is 240 g/mol. The molecule has 3 N–H and O–H groups in total. The summed E-state index contributed by atoms with van der Waals surface area (Å²) < 4.78 is 0. The second-order valence-corrected chi connectivity index (χ2v) is 5.83. The van der Waals surface area contributed by atoms with Gasteiger partial charge in [0.15, 0.2) is 0 Å². The van der Waals surface area contributed by atoms with E-state index in [1.54, 1.807) is 0 Å². The molecule has 0 radical (unpaired) electrons. The van der Waals surface area contributed by atoms with Gasteiger partial charge < -0.3 is 20.4 Å². The number of nitrogens with one attached hydrogen (secondary N) is 1. The van der Waals surface area contributed by atoms with Crippen LogP contribution in [0.25, 0.3) is 0 Å². The van der Waals surface area contributed by atoms with Crippen molar-refractivity contribution < 1.29 is 10.2 Å². The molecule has 4 heteroatoms. The van der Waals surface area contributed by atoms with Crippen LogP contribution in [0.3, 0.4) is 0 Å². The molecule has 1 aromatic carbocycles. The van der Waals surface area contributed by atoms with E-state index in [9.17, 15) is 10.2 Å². The number of aliphatic hydroxyl groups is 2. The lowest BCUT2D eigenvalue weighted by Gasteiger charge is -2.22. The minimum absolute atomic E-state index is 0.515. The number of anilines is 1. The molecule has 0 amide bonds. The Kier molecular flexibility index (Phi) is 3.48. The SMILES string of the molecule is Cc1ccc(N2CC(O)C(O)C2)c(CNC2CC2)c1. The van der Waals surface area contributed by atoms with Crippen molar-refractivity contribution in [1.29, 1.82) is 0 Å². The summed E-state index contributed by atoms with van der Waals surface area (Å²) in [5.74, 6) is 0. The number of aryl methyl sites for hydroxylation is 1. The Labute approximate surface area is 114 Å². The molecule has 1 heterocycles. The Morgan fingerprint density at radius 1 is 1.21 bits per heavy atom. The fraction of sp³-hybridized carbons (Fsp3) is 0.600. The molecule has 19 heavy (non-hydrogen) atoms. The topological polar surface area (TPSA) is 55.7 Å². The van der Waals surface area contributed by atoms with Gasteiger partial charge in [-0.3, -0.25) is 0 Å². The number of nitrogens with zero attached hydrogens (tertiary/aromatic N) is 1. The third-order valence-corrected chi connectivity index (χ3v) is 3.99. The number of hydrogen-bond acceptors (Lipinski definition) is 4. The molecule has 0 spiro atoms. The quantitative estimate of drug-likeness (QED) is 0.751. The first-order valence-corrected chi connectivity index (χ1v) is 7.07. The van der Waals surface area contributed by atoms with Crippen LogP contribution in [0.5, 0.6) is 0 Å². The summed E-state index contributed by atoms with van der Waals surface area (Å²) in [4.78, 5) is 2.08. The lowest BCUT2D eigenvalue weighted by atomic mass is 10.1. The highest BCUT2D eigenvalue weighted by molar-refractivity contribution is 5.56. The summed E-state index contributed by atoms with van der Waals surface area (Å²) >= 11 is 0. The summed E-state index contributed by atoms with van der Waals surface area (Å²) in [5.41, 5.74) is 3.64. The molecule has 104 valence electrons. The highest BCUT2D eigenvalue weighted by Gasteiger charge is 2.30. The van der Waals surface area contributed by atoms with Crippen molar-refractivity contribution >= 4 is 5.69 Å². The zero-order valence-corrected chi connectivity index (χ0v) is 11.3. The van der Waals surface area contributed by atoms with Gasteiger partial charge in [0.2, 0.25) is 0 Å². The van der Waals surface area contributed by atoms with E-state index < -0.39 is 12.2 Å². The summed E-state index contributed by atoms with van der Waals surface area (Å²) in [6, 6.07) is 7.07. The van der Waals surface area contributed by atoms with Crippen LogP contribution in [0.1, 0.15) is 24.0 Å². The molecule has 2 aliphatic rings. The van der Waals surface area contributed by atoms with Crippen LogP contribution in [-0.2, 0) is 6.54 Å². The van der Waals surface area contributed by atoms with Crippen molar-refractivity contribution in [1.82, 2.24) is 5.32 Å². The zero-order chi connectivity index (χ0) is 13.4. The second-order valence-electron chi connectivity index (χ2n) is 5.83. The zero-order valence-electron chi connectivity index (χ0n) is 11.3. The molecule has 1 saturated heterocycles. The van der Waals surface area contributed by atoms with Gasteiger partial charge in [-0.1, -0.05) is 17.7 Å². The lowest BCUT2D eigenvalue weighted by molar-refractivity contribution is 0.0572. The Hall–Kier alpha value is -1.10. The van der Waals surface area contributed by atoms with Gasteiger partial charge in [-0.05, 0) is 31.4 Å². The van der Waals surface area contributed by atoms with Gasteiger partial charge in [-0.15, -0.1) is 0 Å². The van der Waals surface area contributed by atoms with Crippen LogP contribution in [0, 0.1) is 6.92 Å². The molecule has 2 atom stereocenters. The average molecular weight is 262 g/mol. The molecule has 0 aromatic heterocycles. The fourth-order valence-electron chi connectivity index (χ4n) is 2.67. The van der Waals surface area contributed by atoms with Gasteiger partial charge in [0.25, 0.3) is 0 Å². The fourth-order valence-corrected chi connectivity index (χ4v) is 2.67. The van der Waals surface area contributed by atoms with Gasteiger partial charge in [0.05, 0.1) is 12.2 Å². The van der Waals surface area contributed by atoms with Crippen LogP contribution in [0.2, 0.25) is 0 Å². The number of hydrogen-bond donors (Lipinski definition) is 3. The van der Waals surface area contributed by atoms with Crippen molar-refractivity contribution in [2.45, 2.75) is 44.6 Å². The van der Waals surface area contributed by atoms with Crippen LogP contribution in [-0.4, -0.2) is 41.6 Å². The molecule has 1 saturated carbocycles. The summed E-state index contributed by atoms with van der Waals surface area (Å²) in [7, 11) is 0. The maximum absolute atomic E-state index is 9.70. The van der Waals surface area contributed by atoms with Crippen molar-refractivity contribution in [3.8, 4) is 0 Å². The lowest BCUT2D eigenvalue weighted by Crippen LogP contribution is -2.24. The average Bonchev–Trinajstić information content (AvgIpc) is 3.14. The molecule has 2 unspecified atom stereocenters. The third-order valence-electron chi connectivity index (χ3n) is 3.99. The minimum atomic E-state index is -0.634. The summed E-state index contributed by atoms with van der Waals surface area (Å²) in [6.07, 6.45) is 1.29. The molecule has 4 nitrogen and oxygen atoms in total. The first-order chi connectivity index (χ1) is 9.13. The molecule has 3 rings (SSSR count). The normalized spacial score (nSPS) is 27.0. The molecule has 2 fully saturated rings. The second kappa shape index (κ2) is 5.12. The van der Waals surface area contributed by atoms with E-state index >= 15 is 0 Å². The van der Waals surface area contributed by atoms with Crippen molar-refractivity contribution in [3.05, 3.63) is 29.3 Å². The number of aliphatic hydroxyl groups excluding tert-OH is 2. The molecule has 0 bridgehead atoms. The van der Waals surface area contributed by atoms with E-state index in [-0.39, 0.29) is 0 Å². The van der Waals surface area contributed by atoms with Gasteiger partial charge in [0, 0.05) is 31.4 Å². The van der Waals surface area contributed by atoms with Crippen molar-refractivity contribution in [2.24, 2.45) is 0 Å². The monoisotopic (exact) mass is 262 g/mol. The van der Waals surface area contributed by atoms with Crippen molar-refractivity contribution in [2.75, 3.05) is 18.0 Å². The number of rotatable bonds is 4. The molecule has 1 aliphatic carbocycles. The van der Waals surface area contributed by atoms with Crippen LogP contribution in [0.15, 0.2) is 18.2 Å². The minimum Gasteiger partial charge on any atom is -0.389 e. The smallest absolute Gasteiger partial charge is 0.0990 e. The highest BCUT2D eigenvalue weighted by atomic mass is 16.3. The van der Waals surface area contributed by atoms with E-state index in [1.165, 1.54) is 24.0 Å². The Morgan fingerprint density at radius 2 is 1.89 bits per heavy atom. The predicted octanol–water partition coefficient (Wildman–Crippen LogP) is 0.789. The van der Waals surface area contributed by atoms with Gasteiger partial charge >= 0.3 is 0 Å². The number of β-amino-alcohol motifs (C(OH)–C–C–N with tert-alkyl or cyclic N) is 2. The van der Waals surface area contributed by atoms with Gasteiger partial charge in [-0.2, -0.15) is 0 Å². The molecular formula is C15H22N2O2. The first kappa shape index (κ1) is 12.9. The summed E-state index contributed by atoms with van der Waals surface area (Å²) in [5, 5.41) is 22.9. The summed E-state index contributed by atoms with van der Waals surface area (Å²) in [6.45, 7) is 3.99. The highest BCUT2D eigenvalue weighted by Crippen LogP contribution is 2.27. The third kappa shape index (κ3) is 2.91. The van der Waals surface area contributed by atoms with Crippen molar-refractivity contribution in [3.63, 3.8) is 0 Å². The van der Waals surface area contributed by atoms with Gasteiger partial charge in [0.1, 0.15) is 0 Å². The molecule has 1 aromatic rings. The van der Waals surface area contributed by atoms with E-state index in [1.807, 2.05) is 0 Å². The van der Waals surface area contributed by atoms with Gasteiger partial charge in [-0.25, -0.2) is 0 Å². The van der Waals surface area contributed by atoms with E-state index in [4.69, 9.17) is 0 Å². The van der Waals surface area contributed by atoms with E-state index in [0.717, 1.165) is 12.2 Å².